The lowest BCUT2D eigenvalue weighted by Gasteiger charge is -2.33. The van der Waals surface area contributed by atoms with Gasteiger partial charge in [-0.2, -0.15) is 0 Å². The van der Waals surface area contributed by atoms with Crippen LogP contribution in [-0.4, -0.2) is 57.5 Å². The number of carbonyl (C=O) groups is 2. The van der Waals surface area contributed by atoms with Gasteiger partial charge in [0.15, 0.2) is 0 Å². The molecule has 1 aliphatic heterocycles. The molecule has 1 aromatic heterocycles. The molecule has 1 saturated heterocycles. The van der Waals surface area contributed by atoms with E-state index in [2.05, 4.69) is 15.3 Å². The molecule has 1 fully saturated rings. The summed E-state index contributed by atoms with van der Waals surface area (Å²) in [5.74, 6) is -0.0824. The average Bonchev–Trinajstić information content (AvgIpc) is 2.59. The van der Waals surface area contributed by atoms with E-state index in [1.54, 1.807) is 11.8 Å². The van der Waals surface area contributed by atoms with Gasteiger partial charge in [-0.25, -0.2) is 4.98 Å². The van der Waals surface area contributed by atoms with Crippen LogP contribution in [0.3, 0.4) is 0 Å². The first kappa shape index (κ1) is 16.4. The van der Waals surface area contributed by atoms with Gasteiger partial charge in [0.05, 0.1) is 6.20 Å². The van der Waals surface area contributed by atoms with Crippen LogP contribution in [0.15, 0.2) is 18.6 Å². The van der Waals surface area contributed by atoms with Crippen LogP contribution in [0.2, 0.25) is 0 Å². The molecule has 1 aliphatic rings. The Balaban J connectivity index is 1.74. The Labute approximate surface area is 129 Å². The Morgan fingerprint density at radius 3 is 2.73 bits per heavy atom. The van der Waals surface area contributed by atoms with Crippen molar-refractivity contribution in [3.05, 3.63) is 24.3 Å². The Hall–Kier alpha value is -2.02. The molecule has 0 radical (unpaired) electrons. The summed E-state index contributed by atoms with van der Waals surface area (Å²) in [5, 5.41) is 12.4. The zero-order chi connectivity index (χ0) is 15.9. The van der Waals surface area contributed by atoms with Crippen LogP contribution in [-0.2, 0) is 4.79 Å². The summed E-state index contributed by atoms with van der Waals surface area (Å²) in [6.45, 7) is 3.61. The van der Waals surface area contributed by atoms with Crippen LogP contribution in [0.4, 0.5) is 0 Å². The maximum absolute atomic E-state index is 11.9. The molecule has 0 spiro atoms. The van der Waals surface area contributed by atoms with E-state index in [0.29, 0.717) is 37.7 Å². The fourth-order valence-corrected chi connectivity index (χ4v) is 2.49. The number of amides is 2. The number of aliphatic hydroxyl groups is 1. The molecule has 2 amide bonds. The second-order valence-electron chi connectivity index (χ2n) is 5.49. The van der Waals surface area contributed by atoms with Crippen LogP contribution < -0.4 is 5.32 Å². The number of hydrogen-bond acceptors (Lipinski definition) is 5. The lowest BCUT2D eigenvalue weighted by atomic mass is 9.96. The van der Waals surface area contributed by atoms with Gasteiger partial charge in [-0.1, -0.05) is 6.92 Å². The topological polar surface area (TPSA) is 95.4 Å². The molecule has 0 aromatic carbocycles. The smallest absolute Gasteiger partial charge is 0.271 e. The monoisotopic (exact) mass is 306 g/mol. The molecule has 120 valence electrons. The number of aromatic nitrogens is 2. The van der Waals surface area contributed by atoms with E-state index < -0.39 is 6.10 Å². The van der Waals surface area contributed by atoms with E-state index in [0.717, 1.165) is 12.8 Å². The molecule has 7 nitrogen and oxygen atoms in total. The number of piperidine rings is 1. The van der Waals surface area contributed by atoms with Gasteiger partial charge in [0, 0.05) is 32.0 Å². The standard InChI is InChI=1S/C15H22N4O3/c1-2-13(20)15(22)19-7-3-11(4-8-19)9-18-14(21)12-10-16-5-6-17-12/h5-6,10-11,13,20H,2-4,7-9H2,1H3,(H,18,21). The fourth-order valence-electron chi connectivity index (χ4n) is 2.49. The molecule has 1 atom stereocenters. The number of hydrogen-bond donors (Lipinski definition) is 2. The predicted octanol–water partition coefficient (Wildman–Crippen LogP) is 0.216. The first-order valence-corrected chi connectivity index (χ1v) is 7.63. The summed E-state index contributed by atoms with van der Waals surface area (Å²) >= 11 is 0. The zero-order valence-electron chi connectivity index (χ0n) is 12.7. The van der Waals surface area contributed by atoms with Gasteiger partial charge < -0.3 is 15.3 Å². The number of nitrogens with zero attached hydrogens (tertiary/aromatic N) is 3. The molecule has 0 saturated carbocycles. The van der Waals surface area contributed by atoms with Gasteiger partial charge >= 0.3 is 0 Å². The lowest BCUT2D eigenvalue weighted by Crippen LogP contribution is -2.45. The minimum absolute atomic E-state index is 0.190. The third-order valence-corrected chi connectivity index (χ3v) is 3.95. The Morgan fingerprint density at radius 2 is 2.14 bits per heavy atom. The van der Waals surface area contributed by atoms with E-state index in [1.165, 1.54) is 18.6 Å². The van der Waals surface area contributed by atoms with Gasteiger partial charge in [-0.3, -0.25) is 14.6 Å². The molecule has 22 heavy (non-hydrogen) atoms. The van der Waals surface area contributed by atoms with E-state index in [-0.39, 0.29) is 11.8 Å². The molecule has 1 aromatic rings. The summed E-state index contributed by atoms with van der Waals surface area (Å²) in [5.41, 5.74) is 0.307. The van der Waals surface area contributed by atoms with E-state index >= 15 is 0 Å². The van der Waals surface area contributed by atoms with Crippen molar-refractivity contribution in [1.82, 2.24) is 20.2 Å². The first-order chi connectivity index (χ1) is 10.6. The van der Waals surface area contributed by atoms with Crippen molar-refractivity contribution in [3.63, 3.8) is 0 Å². The van der Waals surface area contributed by atoms with Gasteiger partial charge in [-0.15, -0.1) is 0 Å². The molecule has 1 unspecified atom stereocenters. The van der Waals surface area contributed by atoms with Crippen molar-refractivity contribution < 1.29 is 14.7 Å². The minimum atomic E-state index is -0.895. The molecular weight excluding hydrogens is 284 g/mol. The van der Waals surface area contributed by atoms with Crippen LogP contribution >= 0.6 is 0 Å². The highest BCUT2D eigenvalue weighted by atomic mass is 16.3. The normalized spacial score (nSPS) is 17.1. The van der Waals surface area contributed by atoms with Crippen molar-refractivity contribution in [2.75, 3.05) is 19.6 Å². The maximum Gasteiger partial charge on any atom is 0.271 e. The van der Waals surface area contributed by atoms with Crippen molar-refractivity contribution >= 4 is 11.8 Å². The van der Waals surface area contributed by atoms with Crippen molar-refractivity contribution in [2.45, 2.75) is 32.3 Å². The Morgan fingerprint density at radius 1 is 1.41 bits per heavy atom. The summed E-state index contributed by atoms with van der Waals surface area (Å²) in [6.07, 6.45) is 5.63. The maximum atomic E-state index is 11.9. The number of carbonyl (C=O) groups excluding carboxylic acids is 2. The van der Waals surface area contributed by atoms with Crippen LogP contribution in [0.5, 0.6) is 0 Å². The fraction of sp³-hybridized carbons (Fsp3) is 0.600. The zero-order valence-corrected chi connectivity index (χ0v) is 12.7. The number of rotatable bonds is 5. The Bertz CT molecular complexity index is 501. The van der Waals surface area contributed by atoms with Crippen LogP contribution in [0, 0.1) is 5.92 Å². The molecule has 0 aliphatic carbocycles. The number of likely N-dealkylation sites (tertiary alicyclic amines) is 1. The van der Waals surface area contributed by atoms with E-state index in [4.69, 9.17) is 0 Å². The average molecular weight is 306 g/mol. The molecule has 7 heteroatoms. The molecular formula is C15H22N4O3. The van der Waals surface area contributed by atoms with Crippen LogP contribution in [0.25, 0.3) is 0 Å². The van der Waals surface area contributed by atoms with Gasteiger partial charge in [-0.05, 0) is 25.2 Å². The first-order valence-electron chi connectivity index (χ1n) is 7.63. The van der Waals surface area contributed by atoms with Gasteiger partial charge in [0.1, 0.15) is 11.8 Å². The lowest BCUT2D eigenvalue weighted by molar-refractivity contribution is -0.141. The minimum Gasteiger partial charge on any atom is -0.383 e. The number of nitrogens with one attached hydrogen (secondary N) is 1. The second kappa shape index (κ2) is 7.84. The molecule has 2 N–H and O–H groups in total. The second-order valence-corrected chi connectivity index (χ2v) is 5.49. The highest BCUT2D eigenvalue weighted by Gasteiger charge is 2.26. The van der Waals surface area contributed by atoms with E-state index in [9.17, 15) is 14.7 Å². The van der Waals surface area contributed by atoms with Crippen LogP contribution in [0.1, 0.15) is 36.7 Å². The quantitative estimate of drug-likeness (QED) is 0.811. The van der Waals surface area contributed by atoms with Gasteiger partial charge in [0.2, 0.25) is 0 Å². The summed E-state index contributed by atoms with van der Waals surface area (Å²) in [6, 6.07) is 0. The summed E-state index contributed by atoms with van der Waals surface area (Å²) in [7, 11) is 0. The highest BCUT2D eigenvalue weighted by Crippen LogP contribution is 2.17. The highest BCUT2D eigenvalue weighted by molar-refractivity contribution is 5.91. The number of aliphatic hydroxyl groups excluding tert-OH is 1. The van der Waals surface area contributed by atoms with Crippen molar-refractivity contribution in [3.8, 4) is 0 Å². The largest absolute Gasteiger partial charge is 0.383 e. The van der Waals surface area contributed by atoms with Gasteiger partial charge in [0.25, 0.3) is 11.8 Å². The van der Waals surface area contributed by atoms with E-state index in [1.807, 2.05) is 0 Å². The third kappa shape index (κ3) is 4.24. The predicted molar refractivity (Wildman–Crippen MR) is 80.0 cm³/mol. The summed E-state index contributed by atoms with van der Waals surface area (Å²) < 4.78 is 0. The SMILES string of the molecule is CCC(O)C(=O)N1CCC(CNC(=O)c2cnccn2)CC1. The molecule has 2 rings (SSSR count). The molecule has 2 heterocycles. The summed E-state index contributed by atoms with van der Waals surface area (Å²) in [4.78, 5) is 33.3. The van der Waals surface area contributed by atoms with Crippen molar-refractivity contribution in [2.24, 2.45) is 5.92 Å². The molecule has 0 bridgehead atoms. The third-order valence-electron chi connectivity index (χ3n) is 3.95. The van der Waals surface area contributed by atoms with Crippen molar-refractivity contribution in [1.29, 1.82) is 0 Å². The Kier molecular flexibility index (Phi) is 5.83.